The van der Waals surface area contributed by atoms with E-state index in [0.717, 1.165) is 72.5 Å². The quantitative estimate of drug-likeness (QED) is 0.144. The van der Waals surface area contributed by atoms with Gasteiger partial charge in [0.15, 0.2) is 0 Å². The average molecular weight is 881 g/mol. The largest absolute Gasteiger partial charge is 0.455 e. The van der Waals surface area contributed by atoms with Gasteiger partial charge in [-0.1, -0.05) is 200 Å². The van der Waals surface area contributed by atoms with Crippen molar-refractivity contribution in [3.05, 3.63) is 267 Å². The van der Waals surface area contributed by atoms with Crippen LogP contribution in [0.1, 0.15) is 0 Å². The van der Waals surface area contributed by atoms with Crippen LogP contribution in [0.25, 0.3) is 105 Å². The van der Waals surface area contributed by atoms with E-state index < -0.39 is 0 Å². The van der Waals surface area contributed by atoms with E-state index in [1.165, 1.54) is 49.6 Å². The van der Waals surface area contributed by atoms with E-state index in [0.29, 0.717) is 0 Å². The lowest BCUT2D eigenvalue weighted by Gasteiger charge is -2.26. The molecule has 0 radical (unpaired) electrons. The van der Waals surface area contributed by atoms with Gasteiger partial charge in [-0.3, -0.25) is 0 Å². The molecule has 2 aromatic heterocycles. The molecule has 0 spiro atoms. The van der Waals surface area contributed by atoms with Crippen LogP contribution < -0.4 is 4.90 Å². The number of rotatable bonds is 9. The number of fused-ring (bicyclic) bond motifs is 6. The fraction of sp³-hybridized carbons (Fsp3) is 0. The van der Waals surface area contributed by atoms with E-state index in [1.54, 1.807) is 0 Å². The Bertz CT molecular complexity index is 3960. The molecule has 0 aliphatic carbocycles. The lowest BCUT2D eigenvalue weighted by atomic mass is 9.94. The molecule has 0 saturated heterocycles. The summed E-state index contributed by atoms with van der Waals surface area (Å²) in [5, 5.41) is 4.76. The van der Waals surface area contributed by atoms with Crippen molar-refractivity contribution >= 4 is 60.8 Å². The topological polar surface area (TPSA) is 21.3 Å². The first-order chi connectivity index (χ1) is 34.2. The highest BCUT2D eigenvalue weighted by Crippen LogP contribution is 2.43. The van der Waals surface area contributed by atoms with E-state index in [1.807, 2.05) is 12.1 Å². The zero-order valence-corrected chi connectivity index (χ0v) is 37.7. The first-order valence-corrected chi connectivity index (χ1v) is 23.6. The third-order valence-electron chi connectivity index (χ3n) is 13.6. The molecule has 0 saturated carbocycles. The molecule has 3 heteroatoms. The number of benzene rings is 11. The molecule has 13 rings (SSSR count). The standard InChI is InChI=1S/C66H44N2O/c1-2-17-45(18-3-1)54-23-4-5-24-55(54)46-35-39-51(40-36-46)67(52-41-37-47(38-42-52)57-29-16-30-61-60-28-9-13-34-65(60)69-66(57)61)53-22-15-20-49(44-53)48-19-14-21-50(43-48)56-25-6-10-31-62(56)68-63-32-11-7-26-58(63)59-27-8-12-33-64(59)68/h1-44H. The summed E-state index contributed by atoms with van der Waals surface area (Å²) in [6.45, 7) is 0. The summed E-state index contributed by atoms with van der Waals surface area (Å²) >= 11 is 0. The molecule has 69 heavy (non-hydrogen) atoms. The number of furan rings is 1. The summed E-state index contributed by atoms with van der Waals surface area (Å²) in [6, 6.07) is 96.0. The van der Waals surface area contributed by atoms with Crippen LogP contribution >= 0.6 is 0 Å². The second-order valence-electron chi connectivity index (χ2n) is 17.6. The van der Waals surface area contributed by atoms with Crippen molar-refractivity contribution in [3.63, 3.8) is 0 Å². The van der Waals surface area contributed by atoms with Gasteiger partial charge in [0.05, 0.1) is 16.7 Å². The summed E-state index contributed by atoms with van der Waals surface area (Å²) in [4.78, 5) is 2.36. The predicted octanol–water partition coefficient (Wildman–Crippen LogP) is 18.5. The molecule has 0 fully saturated rings. The average Bonchev–Trinajstić information content (AvgIpc) is 3.98. The van der Waals surface area contributed by atoms with Crippen LogP contribution in [0, 0.1) is 0 Å². The number of nitrogens with zero attached hydrogens (tertiary/aromatic N) is 2. The smallest absolute Gasteiger partial charge is 0.143 e. The number of aromatic nitrogens is 1. The molecule has 324 valence electrons. The van der Waals surface area contributed by atoms with Gasteiger partial charge in [-0.25, -0.2) is 0 Å². The van der Waals surface area contributed by atoms with Crippen LogP contribution in [-0.2, 0) is 0 Å². The summed E-state index contributed by atoms with van der Waals surface area (Å²) in [6.07, 6.45) is 0. The van der Waals surface area contributed by atoms with Gasteiger partial charge in [-0.2, -0.15) is 0 Å². The molecule has 11 aromatic carbocycles. The number of anilines is 3. The van der Waals surface area contributed by atoms with E-state index in [-0.39, 0.29) is 0 Å². The molecule has 3 nitrogen and oxygen atoms in total. The minimum atomic E-state index is 0.898. The lowest BCUT2D eigenvalue weighted by Crippen LogP contribution is -2.10. The van der Waals surface area contributed by atoms with Crippen LogP contribution in [0.5, 0.6) is 0 Å². The normalized spacial score (nSPS) is 11.5. The molecule has 2 heterocycles. The molecule has 0 atom stereocenters. The molecular formula is C66H44N2O. The molecule has 0 amide bonds. The predicted molar refractivity (Wildman–Crippen MR) is 290 cm³/mol. The maximum atomic E-state index is 6.48. The number of hydrogen-bond acceptors (Lipinski definition) is 2. The van der Waals surface area contributed by atoms with E-state index >= 15 is 0 Å². The first kappa shape index (κ1) is 40.1. The second kappa shape index (κ2) is 16.9. The Morgan fingerprint density at radius 3 is 1.43 bits per heavy atom. The maximum absolute atomic E-state index is 6.48. The summed E-state index contributed by atoms with van der Waals surface area (Å²) in [7, 11) is 0. The van der Waals surface area contributed by atoms with Crippen molar-refractivity contribution in [3.8, 4) is 61.3 Å². The zero-order chi connectivity index (χ0) is 45.7. The minimum Gasteiger partial charge on any atom is -0.455 e. The van der Waals surface area contributed by atoms with Crippen LogP contribution in [0.3, 0.4) is 0 Å². The Hall–Kier alpha value is -9.18. The van der Waals surface area contributed by atoms with Gasteiger partial charge in [-0.15, -0.1) is 0 Å². The van der Waals surface area contributed by atoms with Gasteiger partial charge in [0, 0.05) is 49.7 Å². The SMILES string of the molecule is c1ccc(-c2ccccc2-c2ccc(N(c3ccc(-c4cccc5c4oc4ccccc45)cc3)c3cccc(-c4cccc(-c5ccccc5-n5c6ccccc6c6ccccc65)c4)c3)cc2)cc1. The molecule has 0 bridgehead atoms. The maximum Gasteiger partial charge on any atom is 0.143 e. The van der Waals surface area contributed by atoms with E-state index in [4.69, 9.17) is 4.42 Å². The minimum absolute atomic E-state index is 0.898. The van der Waals surface area contributed by atoms with Gasteiger partial charge in [0.25, 0.3) is 0 Å². The van der Waals surface area contributed by atoms with Gasteiger partial charge >= 0.3 is 0 Å². The fourth-order valence-electron chi connectivity index (χ4n) is 10.4. The van der Waals surface area contributed by atoms with E-state index in [9.17, 15) is 0 Å². The van der Waals surface area contributed by atoms with Crippen molar-refractivity contribution in [2.75, 3.05) is 4.90 Å². The Labute approximate surface area is 401 Å². The third-order valence-corrected chi connectivity index (χ3v) is 13.6. The molecule has 0 aliphatic heterocycles. The molecule has 0 aliphatic rings. The highest BCUT2D eigenvalue weighted by atomic mass is 16.3. The third kappa shape index (κ3) is 7.08. The Balaban J connectivity index is 0.908. The monoisotopic (exact) mass is 880 g/mol. The zero-order valence-electron chi connectivity index (χ0n) is 37.7. The Morgan fingerprint density at radius 1 is 0.275 bits per heavy atom. The van der Waals surface area contributed by atoms with Crippen LogP contribution in [0.4, 0.5) is 17.1 Å². The van der Waals surface area contributed by atoms with Crippen LogP contribution in [0.15, 0.2) is 271 Å². The molecule has 0 N–H and O–H groups in total. The second-order valence-corrected chi connectivity index (χ2v) is 17.6. The van der Waals surface area contributed by atoms with Crippen LogP contribution in [-0.4, -0.2) is 4.57 Å². The Kier molecular flexibility index (Phi) is 9.84. The summed E-state index contributed by atoms with van der Waals surface area (Å²) in [5.41, 5.74) is 20.1. The van der Waals surface area contributed by atoms with Crippen molar-refractivity contribution in [1.82, 2.24) is 4.57 Å². The molecule has 13 aromatic rings. The molecule has 0 unspecified atom stereocenters. The first-order valence-electron chi connectivity index (χ1n) is 23.6. The lowest BCUT2D eigenvalue weighted by molar-refractivity contribution is 0.670. The van der Waals surface area contributed by atoms with Gasteiger partial charge < -0.3 is 13.9 Å². The van der Waals surface area contributed by atoms with Crippen molar-refractivity contribution in [2.45, 2.75) is 0 Å². The number of para-hydroxylation sites is 5. The number of hydrogen-bond donors (Lipinski definition) is 0. The van der Waals surface area contributed by atoms with Crippen molar-refractivity contribution in [1.29, 1.82) is 0 Å². The van der Waals surface area contributed by atoms with E-state index in [2.05, 4.69) is 264 Å². The van der Waals surface area contributed by atoms with Crippen LogP contribution in [0.2, 0.25) is 0 Å². The van der Waals surface area contributed by atoms with Gasteiger partial charge in [0.1, 0.15) is 11.2 Å². The molecular weight excluding hydrogens is 837 g/mol. The van der Waals surface area contributed by atoms with Gasteiger partial charge in [-0.05, 0) is 111 Å². The Morgan fingerprint density at radius 2 is 0.739 bits per heavy atom. The summed E-state index contributed by atoms with van der Waals surface area (Å²) in [5.74, 6) is 0. The highest BCUT2D eigenvalue weighted by molar-refractivity contribution is 6.11. The highest BCUT2D eigenvalue weighted by Gasteiger charge is 2.19. The summed E-state index contributed by atoms with van der Waals surface area (Å²) < 4.78 is 8.89. The van der Waals surface area contributed by atoms with Crippen molar-refractivity contribution < 1.29 is 4.42 Å². The van der Waals surface area contributed by atoms with Crippen molar-refractivity contribution in [2.24, 2.45) is 0 Å². The van der Waals surface area contributed by atoms with Gasteiger partial charge in [0.2, 0.25) is 0 Å². The fourth-order valence-corrected chi connectivity index (χ4v) is 10.4.